The van der Waals surface area contributed by atoms with E-state index in [1.54, 1.807) is 0 Å². The van der Waals surface area contributed by atoms with E-state index in [0.717, 1.165) is 6.07 Å². The average molecular weight is 362 g/mol. The highest BCUT2D eigenvalue weighted by molar-refractivity contribution is 14.1. The minimum Gasteiger partial charge on any atom is -0.434 e. The summed E-state index contributed by atoms with van der Waals surface area (Å²) in [7, 11) is 0. The molecule has 0 atom stereocenters. The zero-order valence-corrected chi connectivity index (χ0v) is 10.7. The van der Waals surface area contributed by atoms with E-state index in [2.05, 4.69) is 4.74 Å². The minimum absolute atomic E-state index is 0.0579. The molecule has 0 unspecified atom stereocenters. The summed E-state index contributed by atoms with van der Waals surface area (Å²) < 4.78 is 53.4. The first-order valence-corrected chi connectivity index (χ1v) is 5.48. The van der Waals surface area contributed by atoms with Gasteiger partial charge in [-0.15, -0.1) is 0 Å². The molecule has 0 aliphatic carbocycles. The number of Topliss-reactive ketones (excluding diaryl/α,β-unsaturated/α-hetero) is 1. The van der Waals surface area contributed by atoms with Crippen LogP contribution in [0.4, 0.5) is 17.6 Å². The van der Waals surface area contributed by atoms with Gasteiger partial charge < -0.3 is 4.74 Å². The third-order valence-electron chi connectivity index (χ3n) is 1.95. The van der Waals surface area contributed by atoms with Gasteiger partial charge in [-0.05, 0) is 41.6 Å². The summed E-state index contributed by atoms with van der Waals surface area (Å²) in [5.74, 6) is -1.02. The average Bonchev–Trinajstić information content (AvgIpc) is 2.15. The lowest BCUT2D eigenvalue weighted by Gasteiger charge is -2.13. The fourth-order valence-corrected chi connectivity index (χ4v) is 2.31. The van der Waals surface area contributed by atoms with Gasteiger partial charge in [-0.25, -0.2) is 8.78 Å². The van der Waals surface area contributed by atoms with E-state index in [1.165, 1.54) is 35.6 Å². The topological polar surface area (TPSA) is 26.3 Å². The Morgan fingerprint density at radius 1 is 1.29 bits per heavy atom. The maximum Gasteiger partial charge on any atom is 0.387 e. The van der Waals surface area contributed by atoms with Crippen LogP contribution in [0.3, 0.4) is 0 Å². The summed E-state index contributed by atoms with van der Waals surface area (Å²) in [5.41, 5.74) is -0.624. The molecule has 1 aromatic carbocycles. The number of ketones is 1. The van der Waals surface area contributed by atoms with Crippen LogP contribution in [0.1, 0.15) is 29.3 Å². The Hall–Kier alpha value is -0.860. The van der Waals surface area contributed by atoms with Crippen molar-refractivity contribution in [2.24, 2.45) is 0 Å². The van der Waals surface area contributed by atoms with Crippen molar-refractivity contribution in [2.45, 2.75) is 20.0 Å². The van der Waals surface area contributed by atoms with Crippen molar-refractivity contribution in [3.63, 3.8) is 0 Å². The van der Waals surface area contributed by atoms with Gasteiger partial charge in [-0.3, -0.25) is 4.79 Å². The van der Waals surface area contributed by atoms with Gasteiger partial charge in [0.2, 0.25) is 0 Å². The number of ether oxygens (including phenoxy) is 1. The molecule has 0 fully saturated rings. The second-order valence-electron chi connectivity index (χ2n) is 3.07. The zero-order valence-electron chi connectivity index (χ0n) is 8.52. The predicted octanol–water partition coefficient (Wildman–Crippen LogP) is 4.03. The molecule has 1 aromatic rings. The molecule has 0 heterocycles. The Bertz CT molecular complexity index is 435. The van der Waals surface area contributed by atoms with Gasteiger partial charge in [0.15, 0.2) is 5.78 Å². The van der Waals surface area contributed by atoms with Gasteiger partial charge in [-0.2, -0.15) is 8.78 Å². The van der Waals surface area contributed by atoms with Crippen molar-refractivity contribution in [3.05, 3.63) is 26.8 Å². The predicted molar refractivity (Wildman–Crippen MR) is 60.8 cm³/mol. The third kappa shape index (κ3) is 3.30. The molecular formula is C10H7F4IO2. The van der Waals surface area contributed by atoms with Crippen molar-refractivity contribution in [2.75, 3.05) is 0 Å². The lowest BCUT2D eigenvalue weighted by Crippen LogP contribution is -2.08. The molecule has 17 heavy (non-hydrogen) atoms. The molecule has 0 saturated carbocycles. The maximum absolute atomic E-state index is 12.7. The van der Waals surface area contributed by atoms with Crippen LogP contribution in [0.25, 0.3) is 0 Å². The molecule has 2 nitrogen and oxygen atoms in total. The van der Waals surface area contributed by atoms with E-state index in [1.807, 2.05) is 0 Å². The van der Waals surface area contributed by atoms with E-state index in [0.29, 0.717) is 0 Å². The van der Waals surface area contributed by atoms with Gasteiger partial charge in [0, 0.05) is 9.13 Å². The molecule has 0 bridgehead atoms. The summed E-state index contributed by atoms with van der Waals surface area (Å²) in [5, 5.41) is 0. The number of carbonyl (C=O) groups is 1. The molecule has 0 aliphatic rings. The molecular weight excluding hydrogens is 355 g/mol. The molecule has 0 radical (unpaired) electrons. The smallest absolute Gasteiger partial charge is 0.387 e. The largest absolute Gasteiger partial charge is 0.434 e. The summed E-state index contributed by atoms with van der Waals surface area (Å²) in [6.45, 7) is -1.98. The van der Waals surface area contributed by atoms with Crippen LogP contribution in [0.2, 0.25) is 0 Å². The van der Waals surface area contributed by atoms with Gasteiger partial charge in [-0.1, -0.05) is 0 Å². The van der Waals surface area contributed by atoms with Gasteiger partial charge in [0.05, 0.1) is 5.56 Å². The molecule has 0 N–H and O–H groups in total. The lowest BCUT2D eigenvalue weighted by atomic mass is 10.1. The van der Waals surface area contributed by atoms with Crippen molar-refractivity contribution in [1.82, 2.24) is 0 Å². The quantitative estimate of drug-likeness (QED) is 0.459. The SMILES string of the molecule is CC(=O)c1ccc(OC(F)F)c(C(F)F)c1I. The number of benzene rings is 1. The van der Waals surface area contributed by atoms with Crippen molar-refractivity contribution in [1.29, 1.82) is 0 Å². The Labute approximate surface area is 108 Å². The van der Waals surface area contributed by atoms with E-state index >= 15 is 0 Å². The highest BCUT2D eigenvalue weighted by atomic mass is 127. The number of hydrogen-bond donors (Lipinski definition) is 0. The van der Waals surface area contributed by atoms with Crippen LogP contribution < -0.4 is 4.74 Å². The molecule has 7 heteroatoms. The number of hydrogen-bond acceptors (Lipinski definition) is 2. The van der Waals surface area contributed by atoms with Gasteiger partial charge in [0.1, 0.15) is 5.75 Å². The minimum atomic E-state index is -3.19. The summed E-state index contributed by atoms with van der Waals surface area (Å²) in [4.78, 5) is 11.1. The standard InChI is InChI=1S/C10H7F4IO2/c1-4(16)5-2-3-6(17-10(13)14)7(8(5)15)9(11)12/h2-3,9-10H,1H3. The van der Waals surface area contributed by atoms with E-state index in [-0.39, 0.29) is 9.13 Å². The number of halogens is 5. The van der Waals surface area contributed by atoms with Crippen molar-refractivity contribution < 1.29 is 27.1 Å². The third-order valence-corrected chi connectivity index (χ3v) is 3.12. The zero-order chi connectivity index (χ0) is 13.2. The Balaban J connectivity index is 3.34. The molecule has 0 spiro atoms. The summed E-state index contributed by atoms with van der Waals surface area (Å²) in [6, 6.07) is 2.14. The first-order chi connectivity index (χ1) is 7.84. The first-order valence-electron chi connectivity index (χ1n) is 4.41. The maximum atomic E-state index is 12.7. The molecule has 1 rings (SSSR count). The highest BCUT2D eigenvalue weighted by Gasteiger charge is 2.23. The van der Waals surface area contributed by atoms with Crippen LogP contribution in [-0.4, -0.2) is 12.4 Å². The highest BCUT2D eigenvalue weighted by Crippen LogP contribution is 2.36. The van der Waals surface area contributed by atoms with Gasteiger partial charge in [0.25, 0.3) is 6.43 Å². The second-order valence-corrected chi connectivity index (χ2v) is 4.15. The van der Waals surface area contributed by atoms with Crippen LogP contribution in [0.15, 0.2) is 12.1 Å². The van der Waals surface area contributed by atoms with E-state index in [9.17, 15) is 22.4 Å². The van der Waals surface area contributed by atoms with Gasteiger partial charge >= 0.3 is 6.61 Å². The number of alkyl halides is 4. The molecule has 0 amide bonds. The Morgan fingerprint density at radius 3 is 2.29 bits per heavy atom. The lowest BCUT2D eigenvalue weighted by molar-refractivity contribution is -0.0520. The monoisotopic (exact) mass is 362 g/mol. The molecule has 0 aliphatic heterocycles. The fraction of sp³-hybridized carbons (Fsp3) is 0.300. The normalized spacial score (nSPS) is 11.1. The fourth-order valence-electron chi connectivity index (χ4n) is 1.25. The Morgan fingerprint density at radius 2 is 1.88 bits per heavy atom. The Kier molecular flexibility index (Phi) is 4.72. The van der Waals surface area contributed by atoms with Crippen molar-refractivity contribution >= 4 is 28.4 Å². The van der Waals surface area contributed by atoms with Crippen molar-refractivity contribution in [3.8, 4) is 5.75 Å². The van der Waals surface area contributed by atoms with Crippen LogP contribution in [0, 0.1) is 3.57 Å². The number of rotatable bonds is 4. The van der Waals surface area contributed by atoms with E-state index in [4.69, 9.17) is 0 Å². The molecule has 0 saturated heterocycles. The summed E-state index contributed by atoms with van der Waals surface area (Å²) in [6.07, 6.45) is -2.99. The van der Waals surface area contributed by atoms with Crippen LogP contribution in [0.5, 0.6) is 5.75 Å². The summed E-state index contributed by atoms with van der Waals surface area (Å²) >= 11 is 1.52. The van der Waals surface area contributed by atoms with Crippen LogP contribution >= 0.6 is 22.6 Å². The molecule has 0 aromatic heterocycles. The molecule has 94 valence electrons. The number of carbonyl (C=O) groups excluding carboxylic acids is 1. The van der Waals surface area contributed by atoms with Crippen LogP contribution in [-0.2, 0) is 0 Å². The second kappa shape index (κ2) is 5.65. The van der Waals surface area contributed by atoms with E-state index < -0.39 is 30.1 Å². The first kappa shape index (κ1) is 14.2.